The van der Waals surface area contributed by atoms with Crippen LogP contribution in [0.15, 0.2) is 67.0 Å². The molecule has 0 aliphatic carbocycles. The maximum Gasteiger partial charge on any atom is 0.257 e. The summed E-state index contributed by atoms with van der Waals surface area (Å²) in [5.41, 5.74) is 3.27. The predicted octanol–water partition coefficient (Wildman–Crippen LogP) is 3.95. The van der Waals surface area contributed by atoms with Crippen molar-refractivity contribution in [1.82, 2.24) is 20.0 Å². The molecule has 166 valence electrons. The Kier molecular flexibility index (Phi) is 6.12. The van der Waals surface area contributed by atoms with E-state index in [1.807, 2.05) is 44.2 Å². The fraction of sp³-hybridized carbons (Fsp3) is 0.346. The van der Waals surface area contributed by atoms with Crippen molar-refractivity contribution in [2.75, 3.05) is 20.1 Å². The molecule has 6 heteroatoms. The molecule has 2 amide bonds. The molecule has 0 saturated carbocycles. The first-order chi connectivity index (χ1) is 15.4. The molecule has 0 spiro atoms. The van der Waals surface area contributed by atoms with Gasteiger partial charge in [0.15, 0.2) is 0 Å². The van der Waals surface area contributed by atoms with Crippen LogP contribution in [0.1, 0.15) is 42.2 Å². The molecule has 32 heavy (non-hydrogen) atoms. The summed E-state index contributed by atoms with van der Waals surface area (Å²) in [5, 5.41) is 7.15. The molecule has 4 rings (SSSR count). The number of benzene rings is 2. The Morgan fingerprint density at radius 3 is 2.50 bits per heavy atom. The number of aromatic nitrogens is 2. The van der Waals surface area contributed by atoms with E-state index in [4.69, 9.17) is 0 Å². The summed E-state index contributed by atoms with van der Waals surface area (Å²) in [7, 11) is 1.67. The smallest absolute Gasteiger partial charge is 0.257 e. The van der Waals surface area contributed by atoms with Gasteiger partial charge < -0.3 is 10.2 Å². The maximum atomic E-state index is 13.2. The lowest BCUT2D eigenvalue weighted by atomic mass is 9.78. The lowest BCUT2D eigenvalue weighted by molar-refractivity contribution is -0.129. The Balaban J connectivity index is 1.61. The highest BCUT2D eigenvalue weighted by molar-refractivity contribution is 5.95. The van der Waals surface area contributed by atoms with E-state index in [1.54, 1.807) is 29.0 Å². The van der Waals surface area contributed by atoms with Crippen molar-refractivity contribution < 1.29 is 9.59 Å². The van der Waals surface area contributed by atoms with Gasteiger partial charge in [-0.15, -0.1) is 0 Å². The number of carbonyl (C=O) groups is 2. The van der Waals surface area contributed by atoms with Crippen LogP contribution in [0.4, 0.5) is 0 Å². The molecule has 1 N–H and O–H groups in total. The Hall–Kier alpha value is -3.41. The van der Waals surface area contributed by atoms with Gasteiger partial charge in [0.25, 0.3) is 5.91 Å². The quantitative estimate of drug-likeness (QED) is 0.644. The standard InChI is InChI=1S/C26H30N4O2/c1-19(2)30-17-22(16-28-30)24(31)29-14-13-26(18-29,25(32)27-3)15-21-11-7-8-12-23(21)20-9-5-4-6-10-20/h4-12,16-17,19H,13-15,18H2,1-3H3,(H,27,32)/t26-/m1/s1. The van der Waals surface area contributed by atoms with Gasteiger partial charge in [-0.3, -0.25) is 14.3 Å². The third-order valence-corrected chi connectivity index (χ3v) is 6.36. The monoisotopic (exact) mass is 430 g/mol. The summed E-state index contributed by atoms with van der Waals surface area (Å²) in [5.74, 6) is -0.0902. The fourth-order valence-corrected chi connectivity index (χ4v) is 4.57. The first-order valence-electron chi connectivity index (χ1n) is 11.1. The minimum atomic E-state index is -0.663. The zero-order valence-corrected chi connectivity index (χ0v) is 18.9. The minimum Gasteiger partial charge on any atom is -0.359 e. The number of nitrogens with one attached hydrogen (secondary N) is 1. The van der Waals surface area contributed by atoms with Crippen molar-refractivity contribution in [2.24, 2.45) is 5.41 Å². The molecule has 1 saturated heterocycles. The minimum absolute atomic E-state index is 0.0199. The maximum absolute atomic E-state index is 13.2. The van der Waals surface area contributed by atoms with Crippen LogP contribution >= 0.6 is 0 Å². The molecular formula is C26H30N4O2. The zero-order chi connectivity index (χ0) is 22.7. The zero-order valence-electron chi connectivity index (χ0n) is 18.9. The van der Waals surface area contributed by atoms with E-state index in [-0.39, 0.29) is 17.9 Å². The molecule has 3 aromatic rings. The van der Waals surface area contributed by atoms with Gasteiger partial charge in [-0.1, -0.05) is 54.6 Å². The van der Waals surface area contributed by atoms with E-state index in [1.165, 1.54) is 0 Å². The number of hydrogen-bond acceptors (Lipinski definition) is 3. The van der Waals surface area contributed by atoms with E-state index >= 15 is 0 Å². The summed E-state index contributed by atoms with van der Waals surface area (Å²) < 4.78 is 1.78. The number of hydrogen-bond donors (Lipinski definition) is 1. The van der Waals surface area contributed by atoms with Gasteiger partial charge in [-0.25, -0.2) is 0 Å². The normalized spacial score (nSPS) is 18.2. The molecule has 2 heterocycles. The molecule has 0 bridgehead atoms. The number of likely N-dealkylation sites (tertiary alicyclic amines) is 1. The van der Waals surface area contributed by atoms with Crippen LogP contribution in [0.3, 0.4) is 0 Å². The van der Waals surface area contributed by atoms with Crippen molar-refractivity contribution in [1.29, 1.82) is 0 Å². The number of nitrogens with zero attached hydrogens (tertiary/aromatic N) is 3. The van der Waals surface area contributed by atoms with Crippen molar-refractivity contribution in [3.63, 3.8) is 0 Å². The van der Waals surface area contributed by atoms with Crippen LogP contribution < -0.4 is 5.32 Å². The molecule has 1 aliphatic rings. The highest BCUT2D eigenvalue weighted by Crippen LogP contribution is 2.38. The highest BCUT2D eigenvalue weighted by atomic mass is 16.2. The summed E-state index contributed by atoms with van der Waals surface area (Å²) in [6.07, 6.45) is 4.61. The number of carbonyl (C=O) groups excluding carboxylic acids is 2. The van der Waals surface area contributed by atoms with Gasteiger partial charge in [0.05, 0.1) is 17.2 Å². The number of amides is 2. The molecule has 0 unspecified atom stereocenters. The third-order valence-electron chi connectivity index (χ3n) is 6.36. The largest absolute Gasteiger partial charge is 0.359 e. The van der Waals surface area contributed by atoms with Gasteiger partial charge >= 0.3 is 0 Å². The summed E-state index contributed by atoms with van der Waals surface area (Å²) >= 11 is 0. The third kappa shape index (κ3) is 4.17. The predicted molar refractivity (Wildman–Crippen MR) is 125 cm³/mol. The molecule has 1 aliphatic heterocycles. The molecular weight excluding hydrogens is 400 g/mol. The Morgan fingerprint density at radius 1 is 1.09 bits per heavy atom. The average Bonchev–Trinajstić information content (AvgIpc) is 3.48. The second-order valence-corrected chi connectivity index (χ2v) is 8.84. The van der Waals surface area contributed by atoms with Gasteiger partial charge in [0.1, 0.15) is 0 Å². The Labute approximate surface area is 189 Å². The van der Waals surface area contributed by atoms with Gasteiger partial charge in [-0.05, 0) is 43.4 Å². The highest BCUT2D eigenvalue weighted by Gasteiger charge is 2.46. The fourth-order valence-electron chi connectivity index (χ4n) is 4.57. The summed E-state index contributed by atoms with van der Waals surface area (Å²) in [4.78, 5) is 28.1. The topological polar surface area (TPSA) is 67.2 Å². The van der Waals surface area contributed by atoms with Crippen molar-refractivity contribution in [3.8, 4) is 11.1 Å². The summed E-state index contributed by atoms with van der Waals surface area (Å²) in [6, 6.07) is 18.6. The van der Waals surface area contributed by atoms with E-state index in [0.717, 1.165) is 16.7 Å². The van der Waals surface area contributed by atoms with Gasteiger partial charge in [-0.2, -0.15) is 5.10 Å². The second-order valence-electron chi connectivity index (χ2n) is 8.84. The van der Waals surface area contributed by atoms with Crippen molar-refractivity contribution >= 4 is 11.8 Å². The van der Waals surface area contributed by atoms with Crippen LogP contribution in [0, 0.1) is 5.41 Å². The van der Waals surface area contributed by atoms with Crippen molar-refractivity contribution in [3.05, 3.63) is 78.1 Å². The molecule has 0 radical (unpaired) electrons. The van der Waals surface area contributed by atoms with Crippen LogP contribution in [-0.2, 0) is 11.2 Å². The first kappa shape index (κ1) is 21.8. The number of rotatable bonds is 6. The van der Waals surface area contributed by atoms with E-state index in [0.29, 0.717) is 31.5 Å². The van der Waals surface area contributed by atoms with E-state index < -0.39 is 5.41 Å². The van der Waals surface area contributed by atoms with Crippen molar-refractivity contribution in [2.45, 2.75) is 32.7 Å². The van der Waals surface area contributed by atoms with Crippen LogP contribution in [0.2, 0.25) is 0 Å². The average molecular weight is 431 g/mol. The van der Waals surface area contributed by atoms with Gasteiger partial charge in [0.2, 0.25) is 5.91 Å². The molecule has 1 aromatic heterocycles. The second kappa shape index (κ2) is 8.99. The van der Waals surface area contributed by atoms with E-state index in [2.05, 4.69) is 34.7 Å². The molecule has 1 fully saturated rings. The van der Waals surface area contributed by atoms with Crippen LogP contribution in [0.5, 0.6) is 0 Å². The molecule has 6 nitrogen and oxygen atoms in total. The SMILES string of the molecule is CNC(=O)[C@@]1(Cc2ccccc2-c2ccccc2)CCN(C(=O)c2cnn(C(C)C)c2)C1. The lowest BCUT2D eigenvalue weighted by Gasteiger charge is -2.28. The Bertz CT molecular complexity index is 1110. The van der Waals surface area contributed by atoms with E-state index in [9.17, 15) is 9.59 Å². The molecule has 1 atom stereocenters. The molecule has 2 aromatic carbocycles. The first-order valence-corrected chi connectivity index (χ1v) is 11.1. The van der Waals surface area contributed by atoms with Crippen LogP contribution in [-0.4, -0.2) is 46.6 Å². The lowest BCUT2D eigenvalue weighted by Crippen LogP contribution is -2.44. The summed E-state index contributed by atoms with van der Waals surface area (Å²) in [6.45, 7) is 4.99. The van der Waals surface area contributed by atoms with Gasteiger partial charge in [0, 0.05) is 32.4 Å². The Morgan fingerprint density at radius 2 is 1.81 bits per heavy atom. The van der Waals surface area contributed by atoms with Crippen LogP contribution in [0.25, 0.3) is 11.1 Å².